The SMILES string of the molecule is CN(C(=O)c1cc(I)c(F)cc1F)[C@H]1CCNC1.Cl. The molecule has 1 aromatic rings. The van der Waals surface area contributed by atoms with Crippen LogP contribution in [0.3, 0.4) is 0 Å². The molecule has 0 saturated carbocycles. The summed E-state index contributed by atoms with van der Waals surface area (Å²) in [6.07, 6.45) is 0.849. The Hall–Kier alpha value is -0.470. The highest BCUT2D eigenvalue weighted by Crippen LogP contribution is 2.19. The van der Waals surface area contributed by atoms with Gasteiger partial charge in [0.05, 0.1) is 5.56 Å². The third-order valence-electron chi connectivity index (χ3n) is 3.14. The fraction of sp³-hybridized carbons (Fsp3) is 0.417. The second-order valence-electron chi connectivity index (χ2n) is 4.31. The molecule has 1 atom stereocenters. The predicted molar refractivity (Wildman–Crippen MR) is 79.7 cm³/mol. The monoisotopic (exact) mass is 402 g/mol. The molecule has 0 unspecified atom stereocenters. The van der Waals surface area contributed by atoms with Crippen LogP contribution >= 0.6 is 35.0 Å². The summed E-state index contributed by atoms with van der Waals surface area (Å²) in [5.74, 6) is -1.86. The van der Waals surface area contributed by atoms with Gasteiger partial charge in [-0.25, -0.2) is 8.78 Å². The van der Waals surface area contributed by atoms with Crippen LogP contribution in [0.1, 0.15) is 16.8 Å². The van der Waals surface area contributed by atoms with E-state index < -0.39 is 17.5 Å². The van der Waals surface area contributed by atoms with E-state index in [4.69, 9.17) is 0 Å². The summed E-state index contributed by atoms with van der Waals surface area (Å²) in [5.41, 5.74) is -0.0739. The minimum atomic E-state index is -0.810. The number of carbonyl (C=O) groups is 1. The van der Waals surface area contributed by atoms with E-state index in [2.05, 4.69) is 5.32 Å². The fourth-order valence-electron chi connectivity index (χ4n) is 2.01. The lowest BCUT2D eigenvalue weighted by atomic mass is 10.1. The summed E-state index contributed by atoms with van der Waals surface area (Å²) >= 11 is 1.75. The zero-order valence-electron chi connectivity index (χ0n) is 10.3. The zero-order valence-corrected chi connectivity index (χ0v) is 13.2. The number of benzene rings is 1. The number of likely N-dealkylation sites (N-methyl/N-ethyl adjacent to an activating group) is 1. The van der Waals surface area contributed by atoms with Gasteiger partial charge in [0.15, 0.2) is 0 Å². The van der Waals surface area contributed by atoms with Gasteiger partial charge in [0.2, 0.25) is 0 Å². The molecule has 0 aliphatic carbocycles. The quantitative estimate of drug-likeness (QED) is 0.609. The molecule has 0 radical (unpaired) electrons. The van der Waals surface area contributed by atoms with Crippen molar-refractivity contribution in [1.29, 1.82) is 0 Å². The van der Waals surface area contributed by atoms with Crippen molar-refractivity contribution in [3.05, 3.63) is 32.9 Å². The number of rotatable bonds is 2. The highest BCUT2D eigenvalue weighted by atomic mass is 127. The Labute approximate surface area is 130 Å². The van der Waals surface area contributed by atoms with Gasteiger partial charge >= 0.3 is 0 Å². The van der Waals surface area contributed by atoms with E-state index in [1.54, 1.807) is 29.6 Å². The maximum Gasteiger partial charge on any atom is 0.256 e. The molecule has 1 fully saturated rings. The molecule has 0 bridgehead atoms. The number of carbonyl (C=O) groups excluding carboxylic acids is 1. The summed E-state index contributed by atoms with van der Waals surface area (Å²) in [4.78, 5) is 13.7. The zero-order chi connectivity index (χ0) is 13.3. The normalized spacial score (nSPS) is 18.0. The number of amides is 1. The molecule has 2 rings (SSSR count). The lowest BCUT2D eigenvalue weighted by Crippen LogP contribution is -2.38. The highest BCUT2D eigenvalue weighted by Gasteiger charge is 2.26. The van der Waals surface area contributed by atoms with Gasteiger partial charge in [-0.05, 0) is 41.6 Å². The van der Waals surface area contributed by atoms with Gasteiger partial charge in [-0.1, -0.05) is 0 Å². The summed E-state index contributed by atoms with van der Waals surface area (Å²) in [6, 6.07) is 2.09. The molecule has 1 aromatic carbocycles. The maximum atomic E-state index is 13.6. The molecule has 1 amide bonds. The van der Waals surface area contributed by atoms with Crippen LogP contribution in [0.25, 0.3) is 0 Å². The molecular weight excluding hydrogens is 388 g/mol. The molecule has 3 nitrogen and oxygen atoms in total. The molecule has 1 N–H and O–H groups in total. The number of hydrogen-bond donors (Lipinski definition) is 1. The van der Waals surface area contributed by atoms with Crippen LogP contribution in [0.2, 0.25) is 0 Å². The average molecular weight is 403 g/mol. The van der Waals surface area contributed by atoms with Crippen LogP contribution in [0, 0.1) is 15.2 Å². The van der Waals surface area contributed by atoms with E-state index >= 15 is 0 Å². The molecule has 0 spiro atoms. The van der Waals surface area contributed by atoms with E-state index in [0.29, 0.717) is 6.54 Å². The van der Waals surface area contributed by atoms with Crippen LogP contribution < -0.4 is 5.32 Å². The van der Waals surface area contributed by atoms with Crippen molar-refractivity contribution in [3.8, 4) is 0 Å². The van der Waals surface area contributed by atoms with E-state index in [-0.39, 0.29) is 27.6 Å². The summed E-state index contributed by atoms with van der Waals surface area (Å²) in [7, 11) is 1.65. The minimum absolute atomic E-state index is 0. The number of halogens is 4. The Bertz CT molecular complexity index is 481. The molecule has 1 saturated heterocycles. The molecule has 1 aliphatic heterocycles. The number of hydrogen-bond acceptors (Lipinski definition) is 2. The van der Waals surface area contributed by atoms with Gasteiger partial charge < -0.3 is 10.2 Å². The number of nitrogens with one attached hydrogen (secondary N) is 1. The topological polar surface area (TPSA) is 32.3 Å². The van der Waals surface area contributed by atoms with E-state index in [9.17, 15) is 13.6 Å². The Kier molecular flexibility index (Phi) is 5.94. The van der Waals surface area contributed by atoms with Crippen LogP contribution in [-0.4, -0.2) is 37.0 Å². The predicted octanol–water partition coefficient (Wildman–Crippen LogP) is 2.43. The Balaban J connectivity index is 0.00000180. The van der Waals surface area contributed by atoms with Crippen molar-refractivity contribution in [2.24, 2.45) is 0 Å². The fourth-order valence-corrected chi connectivity index (χ4v) is 2.48. The lowest BCUT2D eigenvalue weighted by molar-refractivity contribution is 0.0739. The van der Waals surface area contributed by atoms with Gasteiger partial charge in [0, 0.05) is 29.3 Å². The van der Waals surface area contributed by atoms with Gasteiger partial charge in [-0.2, -0.15) is 0 Å². The lowest BCUT2D eigenvalue weighted by Gasteiger charge is -2.24. The largest absolute Gasteiger partial charge is 0.337 e. The van der Waals surface area contributed by atoms with Crippen LogP contribution in [0.5, 0.6) is 0 Å². The van der Waals surface area contributed by atoms with Crippen molar-refractivity contribution < 1.29 is 13.6 Å². The van der Waals surface area contributed by atoms with Crippen molar-refractivity contribution in [2.75, 3.05) is 20.1 Å². The maximum absolute atomic E-state index is 13.6. The molecule has 1 heterocycles. The second-order valence-corrected chi connectivity index (χ2v) is 5.47. The minimum Gasteiger partial charge on any atom is -0.337 e. The van der Waals surface area contributed by atoms with Crippen molar-refractivity contribution in [3.63, 3.8) is 0 Å². The van der Waals surface area contributed by atoms with Gasteiger partial charge in [0.25, 0.3) is 5.91 Å². The molecule has 7 heteroatoms. The van der Waals surface area contributed by atoms with Gasteiger partial charge in [0.1, 0.15) is 11.6 Å². The third-order valence-corrected chi connectivity index (χ3v) is 3.97. The first-order chi connectivity index (χ1) is 8.50. The standard InChI is InChI=1S/C12H13F2IN2O.ClH/c1-17(7-2-3-16-6-7)12(18)8-4-11(15)10(14)5-9(8)13;/h4-5,7,16H,2-3,6H2,1H3;1H/t7-;/m0./s1. The smallest absolute Gasteiger partial charge is 0.256 e. The summed E-state index contributed by atoms with van der Waals surface area (Å²) < 4.78 is 27.0. The van der Waals surface area contributed by atoms with Crippen molar-refractivity contribution in [1.82, 2.24) is 10.2 Å². The first-order valence-electron chi connectivity index (χ1n) is 5.63. The van der Waals surface area contributed by atoms with Crippen LogP contribution in [-0.2, 0) is 0 Å². The van der Waals surface area contributed by atoms with E-state index in [1.165, 1.54) is 11.0 Å². The van der Waals surface area contributed by atoms with E-state index in [1.807, 2.05) is 0 Å². The third kappa shape index (κ3) is 3.55. The highest BCUT2D eigenvalue weighted by molar-refractivity contribution is 14.1. The average Bonchev–Trinajstić information content (AvgIpc) is 2.85. The molecule has 19 heavy (non-hydrogen) atoms. The van der Waals surface area contributed by atoms with Crippen molar-refractivity contribution >= 4 is 40.9 Å². The summed E-state index contributed by atoms with van der Waals surface area (Å²) in [5, 5.41) is 3.15. The van der Waals surface area contributed by atoms with Crippen LogP contribution in [0.15, 0.2) is 12.1 Å². The summed E-state index contributed by atoms with van der Waals surface area (Å²) in [6.45, 7) is 1.56. The van der Waals surface area contributed by atoms with Gasteiger partial charge in [-0.15, -0.1) is 12.4 Å². The molecule has 106 valence electrons. The Morgan fingerprint density at radius 1 is 1.42 bits per heavy atom. The first-order valence-corrected chi connectivity index (χ1v) is 6.71. The molecule has 0 aromatic heterocycles. The number of nitrogens with zero attached hydrogens (tertiary/aromatic N) is 1. The van der Waals surface area contributed by atoms with Crippen molar-refractivity contribution in [2.45, 2.75) is 12.5 Å². The Morgan fingerprint density at radius 3 is 2.68 bits per heavy atom. The molecular formula is C12H14ClF2IN2O. The van der Waals surface area contributed by atoms with Crippen LogP contribution in [0.4, 0.5) is 8.78 Å². The molecule has 1 aliphatic rings. The Morgan fingerprint density at radius 2 is 2.11 bits per heavy atom. The van der Waals surface area contributed by atoms with Gasteiger partial charge in [-0.3, -0.25) is 4.79 Å². The second kappa shape index (κ2) is 6.81. The first kappa shape index (κ1) is 16.6. The van der Waals surface area contributed by atoms with E-state index in [0.717, 1.165) is 19.0 Å².